The Hall–Kier alpha value is -3.68. The van der Waals surface area contributed by atoms with Crippen LogP contribution in [0.4, 0.5) is 0 Å². The van der Waals surface area contributed by atoms with E-state index in [4.69, 9.17) is 10.2 Å². The third kappa shape index (κ3) is 4.94. The van der Waals surface area contributed by atoms with Crippen LogP contribution in [0.2, 0.25) is 0 Å². The number of aromatic carboxylic acids is 4. The molecule has 0 atom stereocenters. The number of hydrogen-bond acceptors (Lipinski definition) is 4. The number of carboxylic acid groups (broad SMARTS) is 4. The van der Waals surface area contributed by atoms with E-state index in [2.05, 4.69) is 13.8 Å². The van der Waals surface area contributed by atoms with Crippen molar-refractivity contribution in [3.05, 3.63) is 58.7 Å². The molecular weight excluding hydrogens is 368 g/mol. The standard InChI is InChI=1S/C16H10O8.C4H10/c17-13(18)9-5-1-3-7(11(9)15(21)22)8-4-2-6-10(14(19)20)12(8)16(23)24;1-3-4-2/h1-6H,(H,17,18)(H,19,20)(H,21,22)(H,23,24);3-4H2,1-2H3. The van der Waals surface area contributed by atoms with Crippen LogP contribution in [0.3, 0.4) is 0 Å². The third-order valence-electron chi connectivity index (χ3n) is 3.81. The zero-order chi connectivity index (χ0) is 21.4. The van der Waals surface area contributed by atoms with Gasteiger partial charge in [-0.1, -0.05) is 51.0 Å². The Labute approximate surface area is 160 Å². The van der Waals surface area contributed by atoms with Gasteiger partial charge in [0.2, 0.25) is 0 Å². The van der Waals surface area contributed by atoms with E-state index in [0.717, 1.165) is 12.1 Å². The molecule has 28 heavy (non-hydrogen) atoms. The molecule has 0 amide bonds. The number of unbranched alkanes of at least 4 members (excludes halogenated alkanes) is 1. The van der Waals surface area contributed by atoms with Crippen LogP contribution in [0.25, 0.3) is 11.1 Å². The van der Waals surface area contributed by atoms with Gasteiger partial charge in [-0.3, -0.25) is 0 Å². The van der Waals surface area contributed by atoms with Crippen LogP contribution < -0.4 is 0 Å². The fraction of sp³-hybridized carbons (Fsp3) is 0.200. The summed E-state index contributed by atoms with van der Waals surface area (Å²) in [5.41, 5.74) is -2.68. The summed E-state index contributed by atoms with van der Waals surface area (Å²) in [7, 11) is 0. The lowest BCUT2D eigenvalue weighted by atomic mass is 9.90. The van der Waals surface area contributed by atoms with Crippen molar-refractivity contribution in [2.45, 2.75) is 26.7 Å². The van der Waals surface area contributed by atoms with Crippen molar-refractivity contribution in [2.24, 2.45) is 0 Å². The normalized spacial score (nSPS) is 9.79. The second-order valence-electron chi connectivity index (χ2n) is 5.68. The SMILES string of the molecule is CCCC.O=C(O)c1cccc(-c2cccc(C(=O)O)c2C(=O)O)c1C(=O)O. The van der Waals surface area contributed by atoms with Crippen molar-refractivity contribution in [3.8, 4) is 11.1 Å². The first kappa shape index (κ1) is 22.4. The minimum atomic E-state index is -1.57. The Morgan fingerprint density at radius 1 is 0.607 bits per heavy atom. The van der Waals surface area contributed by atoms with Gasteiger partial charge in [-0.15, -0.1) is 0 Å². The van der Waals surface area contributed by atoms with Crippen LogP contribution >= 0.6 is 0 Å². The zero-order valence-electron chi connectivity index (χ0n) is 15.3. The van der Waals surface area contributed by atoms with Crippen LogP contribution in [-0.4, -0.2) is 44.3 Å². The first-order valence-electron chi connectivity index (χ1n) is 8.36. The topological polar surface area (TPSA) is 149 Å². The van der Waals surface area contributed by atoms with Gasteiger partial charge in [-0.2, -0.15) is 0 Å². The Bertz CT molecular complexity index is 839. The highest BCUT2D eigenvalue weighted by Gasteiger charge is 2.26. The molecule has 8 heteroatoms. The largest absolute Gasteiger partial charge is 0.478 e. The van der Waals surface area contributed by atoms with Crippen LogP contribution in [0.15, 0.2) is 36.4 Å². The van der Waals surface area contributed by atoms with E-state index in [1.54, 1.807) is 0 Å². The number of hydrogen-bond donors (Lipinski definition) is 4. The first-order chi connectivity index (χ1) is 13.2. The van der Waals surface area contributed by atoms with Crippen molar-refractivity contribution >= 4 is 23.9 Å². The van der Waals surface area contributed by atoms with Crippen LogP contribution in [0.5, 0.6) is 0 Å². The minimum absolute atomic E-state index is 0.192. The fourth-order valence-electron chi connectivity index (χ4n) is 2.37. The average Bonchev–Trinajstić information content (AvgIpc) is 2.66. The molecule has 0 aliphatic carbocycles. The highest BCUT2D eigenvalue weighted by atomic mass is 16.4. The van der Waals surface area contributed by atoms with Gasteiger partial charge in [0.15, 0.2) is 0 Å². The molecule has 0 saturated carbocycles. The number of carbonyl (C=O) groups is 4. The lowest BCUT2D eigenvalue weighted by Gasteiger charge is -2.13. The molecule has 0 saturated heterocycles. The summed E-state index contributed by atoms with van der Waals surface area (Å²) in [5.74, 6) is -6.14. The number of rotatable bonds is 6. The van der Waals surface area contributed by atoms with Crippen LogP contribution in [0.1, 0.15) is 68.1 Å². The third-order valence-corrected chi connectivity index (χ3v) is 3.81. The molecule has 2 aromatic carbocycles. The lowest BCUT2D eigenvalue weighted by molar-refractivity contribution is 0.0650. The van der Waals surface area contributed by atoms with E-state index in [-0.39, 0.29) is 11.1 Å². The summed E-state index contributed by atoms with van der Waals surface area (Å²) in [6.07, 6.45) is 2.64. The molecule has 2 aromatic rings. The number of carboxylic acids is 4. The van der Waals surface area contributed by atoms with E-state index >= 15 is 0 Å². The molecule has 0 heterocycles. The van der Waals surface area contributed by atoms with Gasteiger partial charge in [-0.25, -0.2) is 19.2 Å². The fourth-order valence-corrected chi connectivity index (χ4v) is 2.37. The van der Waals surface area contributed by atoms with E-state index in [1.807, 2.05) is 0 Å². The minimum Gasteiger partial charge on any atom is -0.478 e. The molecule has 4 N–H and O–H groups in total. The van der Waals surface area contributed by atoms with Gasteiger partial charge in [0, 0.05) is 0 Å². The van der Waals surface area contributed by atoms with E-state index in [1.165, 1.54) is 37.1 Å². The number of benzene rings is 2. The van der Waals surface area contributed by atoms with Gasteiger partial charge in [0.25, 0.3) is 0 Å². The Balaban J connectivity index is 0.000000892. The monoisotopic (exact) mass is 388 g/mol. The summed E-state index contributed by atoms with van der Waals surface area (Å²) in [6, 6.07) is 7.09. The molecule has 0 bridgehead atoms. The molecule has 148 valence electrons. The van der Waals surface area contributed by atoms with Gasteiger partial charge < -0.3 is 20.4 Å². The van der Waals surface area contributed by atoms with E-state index in [9.17, 15) is 29.4 Å². The summed E-state index contributed by atoms with van der Waals surface area (Å²) in [5, 5.41) is 36.9. The summed E-state index contributed by atoms with van der Waals surface area (Å²) in [4.78, 5) is 45.4. The first-order valence-corrected chi connectivity index (χ1v) is 8.36. The molecule has 0 radical (unpaired) electrons. The predicted octanol–water partition coefficient (Wildman–Crippen LogP) is 3.95. The van der Waals surface area contributed by atoms with E-state index in [0.29, 0.717) is 0 Å². The molecule has 8 nitrogen and oxygen atoms in total. The zero-order valence-corrected chi connectivity index (χ0v) is 15.3. The Morgan fingerprint density at radius 2 is 0.929 bits per heavy atom. The molecule has 0 spiro atoms. The van der Waals surface area contributed by atoms with Gasteiger partial charge in [0.05, 0.1) is 22.3 Å². The second-order valence-corrected chi connectivity index (χ2v) is 5.68. The maximum Gasteiger partial charge on any atom is 0.337 e. The predicted molar refractivity (Wildman–Crippen MR) is 100 cm³/mol. The molecule has 0 aromatic heterocycles. The second kappa shape index (κ2) is 9.86. The van der Waals surface area contributed by atoms with Gasteiger partial charge in [-0.05, 0) is 23.3 Å². The van der Waals surface area contributed by atoms with Crippen molar-refractivity contribution < 1.29 is 39.6 Å². The maximum absolute atomic E-state index is 11.5. The van der Waals surface area contributed by atoms with Gasteiger partial charge in [0.1, 0.15) is 0 Å². The van der Waals surface area contributed by atoms with Crippen molar-refractivity contribution in [1.29, 1.82) is 0 Å². The lowest BCUT2D eigenvalue weighted by Crippen LogP contribution is -2.13. The molecular formula is C20H20O8. The Kier molecular flexibility index (Phi) is 7.88. The molecule has 0 unspecified atom stereocenters. The summed E-state index contributed by atoms with van der Waals surface area (Å²) in [6.45, 7) is 4.36. The quantitative estimate of drug-likeness (QED) is 0.581. The molecule has 0 aliphatic rings. The molecule has 0 fully saturated rings. The van der Waals surface area contributed by atoms with Crippen molar-refractivity contribution in [2.75, 3.05) is 0 Å². The molecule has 2 rings (SSSR count). The maximum atomic E-state index is 11.5. The van der Waals surface area contributed by atoms with Gasteiger partial charge >= 0.3 is 23.9 Å². The smallest absolute Gasteiger partial charge is 0.337 e. The molecule has 0 aliphatic heterocycles. The van der Waals surface area contributed by atoms with Crippen LogP contribution in [-0.2, 0) is 0 Å². The average molecular weight is 388 g/mol. The van der Waals surface area contributed by atoms with E-state index < -0.39 is 46.1 Å². The Morgan fingerprint density at radius 3 is 1.14 bits per heavy atom. The summed E-state index contributed by atoms with van der Waals surface area (Å²) < 4.78 is 0. The highest BCUT2D eigenvalue weighted by Crippen LogP contribution is 2.31. The highest BCUT2D eigenvalue weighted by molar-refractivity contribution is 6.11. The van der Waals surface area contributed by atoms with Crippen molar-refractivity contribution in [3.63, 3.8) is 0 Å². The summed E-state index contributed by atoms with van der Waals surface area (Å²) >= 11 is 0. The van der Waals surface area contributed by atoms with Crippen molar-refractivity contribution in [1.82, 2.24) is 0 Å². The van der Waals surface area contributed by atoms with Crippen LogP contribution in [0, 0.1) is 0 Å².